The first-order valence-corrected chi connectivity index (χ1v) is 7.04. The van der Waals surface area contributed by atoms with Crippen molar-refractivity contribution in [3.05, 3.63) is 34.6 Å². The van der Waals surface area contributed by atoms with Crippen LogP contribution in [0.4, 0.5) is 4.39 Å². The van der Waals surface area contributed by atoms with Crippen molar-refractivity contribution >= 4 is 11.6 Å². The van der Waals surface area contributed by atoms with Crippen LogP contribution in [0, 0.1) is 5.82 Å². The van der Waals surface area contributed by atoms with E-state index in [0.29, 0.717) is 17.0 Å². The fourth-order valence-corrected chi connectivity index (χ4v) is 2.90. The van der Waals surface area contributed by atoms with Gasteiger partial charge in [0.25, 0.3) is 0 Å². The van der Waals surface area contributed by atoms with Crippen LogP contribution in [0.3, 0.4) is 0 Å². The van der Waals surface area contributed by atoms with Crippen LogP contribution in [0.1, 0.15) is 32.3 Å². The molecule has 1 atom stereocenters. The highest BCUT2D eigenvalue weighted by Crippen LogP contribution is 2.29. The molecule has 1 N–H and O–H groups in total. The van der Waals surface area contributed by atoms with Crippen LogP contribution in [0.25, 0.3) is 0 Å². The van der Waals surface area contributed by atoms with E-state index in [2.05, 4.69) is 0 Å². The zero-order chi connectivity index (χ0) is 14.6. The Bertz CT molecular complexity index is 419. The summed E-state index contributed by atoms with van der Waals surface area (Å²) in [6.07, 6.45) is 1.30. The van der Waals surface area contributed by atoms with Gasteiger partial charge in [0.05, 0.1) is 6.10 Å². The predicted octanol–water partition coefficient (Wildman–Crippen LogP) is 3.50. The molecule has 0 aliphatic carbocycles. The minimum Gasteiger partial charge on any atom is -0.391 e. The van der Waals surface area contributed by atoms with E-state index in [9.17, 15) is 9.50 Å². The van der Waals surface area contributed by atoms with Gasteiger partial charge in [0.15, 0.2) is 0 Å². The van der Waals surface area contributed by atoms with E-state index in [-0.39, 0.29) is 11.4 Å². The molecule has 0 heterocycles. The number of rotatable bonds is 6. The highest BCUT2D eigenvalue weighted by Gasteiger charge is 2.36. The molecule has 1 aromatic carbocycles. The molecule has 0 saturated heterocycles. The van der Waals surface area contributed by atoms with Gasteiger partial charge in [0, 0.05) is 17.0 Å². The molecule has 1 aromatic rings. The standard InChI is InChI=1S/C15H23ClFNO/c1-5-15(6-2,18(3)4)14(19)9-11-7-8-12(16)10-13(11)17/h7-8,10,14,19H,5-6,9H2,1-4H3. The topological polar surface area (TPSA) is 23.5 Å². The SMILES string of the molecule is CCC(CC)(C(O)Cc1ccc(Cl)cc1F)N(C)C. The minimum atomic E-state index is -0.617. The molecule has 0 bridgehead atoms. The lowest BCUT2D eigenvalue weighted by Gasteiger charge is -2.42. The van der Waals surface area contributed by atoms with Crippen molar-refractivity contribution in [3.8, 4) is 0 Å². The summed E-state index contributed by atoms with van der Waals surface area (Å²) < 4.78 is 13.8. The number of benzene rings is 1. The second-order valence-corrected chi connectivity index (χ2v) is 5.60. The van der Waals surface area contributed by atoms with Gasteiger partial charge in [-0.2, -0.15) is 0 Å². The Morgan fingerprint density at radius 2 is 1.89 bits per heavy atom. The molecule has 0 aliphatic rings. The lowest BCUT2D eigenvalue weighted by molar-refractivity contribution is -0.0129. The van der Waals surface area contributed by atoms with Crippen molar-refractivity contribution in [2.24, 2.45) is 0 Å². The second-order valence-electron chi connectivity index (χ2n) is 5.16. The lowest BCUT2D eigenvalue weighted by Crippen LogP contribution is -2.53. The summed E-state index contributed by atoms with van der Waals surface area (Å²) in [5, 5.41) is 10.9. The molecule has 4 heteroatoms. The number of halogens is 2. The zero-order valence-corrected chi connectivity index (χ0v) is 12.8. The van der Waals surface area contributed by atoms with Gasteiger partial charge < -0.3 is 10.0 Å². The molecule has 1 unspecified atom stereocenters. The van der Waals surface area contributed by atoms with E-state index in [4.69, 9.17) is 11.6 Å². The van der Waals surface area contributed by atoms with Crippen molar-refractivity contribution in [2.45, 2.75) is 44.8 Å². The average Bonchev–Trinajstić information content (AvgIpc) is 2.34. The van der Waals surface area contributed by atoms with Gasteiger partial charge in [-0.05, 0) is 44.6 Å². The molecule has 0 aliphatic heterocycles. The highest BCUT2D eigenvalue weighted by atomic mass is 35.5. The molecule has 2 nitrogen and oxygen atoms in total. The monoisotopic (exact) mass is 287 g/mol. The first kappa shape index (κ1) is 16.4. The second kappa shape index (κ2) is 6.69. The van der Waals surface area contributed by atoms with Gasteiger partial charge in [0.2, 0.25) is 0 Å². The molecule has 108 valence electrons. The van der Waals surface area contributed by atoms with E-state index in [1.165, 1.54) is 6.07 Å². The van der Waals surface area contributed by atoms with Gasteiger partial charge in [-0.1, -0.05) is 31.5 Å². The maximum absolute atomic E-state index is 13.8. The molecule has 0 amide bonds. The number of nitrogens with zero attached hydrogens (tertiary/aromatic N) is 1. The van der Waals surface area contributed by atoms with Crippen molar-refractivity contribution in [2.75, 3.05) is 14.1 Å². The van der Waals surface area contributed by atoms with Crippen molar-refractivity contribution in [1.29, 1.82) is 0 Å². The minimum absolute atomic E-state index is 0.295. The summed E-state index contributed by atoms with van der Waals surface area (Å²) in [5.74, 6) is -0.355. The van der Waals surface area contributed by atoms with Crippen molar-refractivity contribution in [3.63, 3.8) is 0 Å². The van der Waals surface area contributed by atoms with Gasteiger partial charge in [-0.15, -0.1) is 0 Å². The third-order valence-corrected chi connectivity index (χ3v) is 4.40. The van der Waals surface area contributed by atoms with Gasteiger partial charge >= 0.3 is 0 Å². The number of hydrogen-bond donors (Lipinski definition) is 1. The van der Waals surface area contributed by atoms with Gasteiger partial charge in [-0.25, -0.2) is 4.39 Å². The molecule has 0 aromatic heterocycles. The fraction of sp³-hybridized carbons (Fsp3) is 0.600. The van der Waals surface area contributed by atoms with E-state index in [0.717, 1.165) is 12.8 Å². The third-order valence-electron chi connectivity index (χ3n) is 4.16. The van der Waals surface area contributed by atoms with Crippen LogP contribution >= 0.6 is 11.6 Å². The summed E-state index contributed by atoms with van der Waals surface area (Å²) in [4.78, 5) is 2.03. The van der Waals surface area contributed by atoms with E-state index in [1.54, 1.807) is 12.1 Å². The largest absolute Gasteiger partial charge is 0.391 e. The number of likely N-dealkylation sites (N-methyl/N-ethyl adjacent to an activating group) is 1. The summed E-state index contributed by atoms with van der Waals surface area (Å²) in [6, 6.07) is 4.59. The van der Waals surface area contributed by atoms with Crippen molar-refractivity contribution < 1.29 is 9.50 Å². The average molecular weight is 288 g/mol. The van der Waals surface area contributed by atoms with Crippen LogP contribution in [0.2, 0.25) is 5.02 Å². The summed E-state index contributed by atoms with van der Waals surface area (Å²) >= 11 is 5.74. The molecule has 19 heavy (non-hydrogen) atoms. The first-order chi connectivity index (χ1) is 8.87. The molecule has 0 saturated carbocycles. The number of aliphatic hydroxyl groups excluding tert-OH is 1. The maximum atomic E-state index is 13.8. The van der Waals surface area contributed by atoms with E-state index >= 15 is 0 Å². The Labute approximate surface area is 120 Å². The Balaban J connectivity index is 2.96. The van der Waals surface area contributed by atoms with Crippen molar-refractivity contribution in [1.82, 2.24) is 4.90 Å². The molecule has 1 rings (SSSR count). The van der Waals surface area contributed by atoms with Gasteiger partial charge in [0.1, 0.15) is 5.82 Å². The Kier molecular flexibility index (Phi) is 5.78. The summed E-state index contributed by atoms with van der Waals surface area (Å²) in [5.41, 5.74) is 0.177. The van der Waals surface area contributed by atoms with E-state index < -0.39 is 6.10 Å². The van der Waals surface area contributed by atoms with E-state index in [1.807, 2.05) is 32.8 Å². The first-order valence-electron chi connectivity index (χ1n) is 6.66. The molecule has 0 spiro atoms. The Morgan fingerprint density at radius 1 is 1.32 bits per heavy atom. The van der Waals surface area contributed by atoms with Crippen LogP contribution in [-0.2, 0) is 6.42 Å². The lowest BCUT2D eigenvalue weighted by atomic mass is 9.82. The quantitative estimate of drug-likeness (QED) is 0.865. The van der Waals surface area contributed by atoms with Crippen LogP contribution < -0.4 is 0 Å². The zero-order valence-electron chi connectivity index (χ0n) is 12.1. The predicted molar refractivity (Wildman–Crippen MR) is 78.1 cm³/mol. The van der Waals surface area contributed by atoms with Crippen LogP contribution in [-0.4, -0.2) is 35.7 Å². The fourth-order valence-electron chi connectivity index (χ4n) is 2.74. The normalized spacial score (nSPS) is 13.9. The van der Waals surface area contributed by atoms with Crippen LogP contribution in [0.5, 0.6) is 0 Å². The molecule has 0 fully saturated rings. The summed E-state index contributed by atoms with van der Waals surface area (Å²) in [6.45, 7) is 4.09. The number of aliphatic hydroxyl groups is 1. The summed E-state index contributed by atoms with van der Waals surface area (Å²) in [7, 11) is 3.91. The third kappa shape index (κ3) is 3.47. The molecule has 0 radical (unpaired) electrons. The Hall–Kier alpha value is -0.640. The van der Waals surface area contributed by atoms with Crippen LogP contribution in [0.15, 0.2) is 18.2 Å². The van der Waals surface area contributed by atoms with Gasteiger partial charge in [-0.3, -0.25) is 0 Å². The number of hydrogen-bond acceptors (Lipinski definition) is 2. The Morgan fingerprint density at radius 3 is 2.32 bits per heavy atom. The molecular formula is C15H23ClFNO. The highest BCUT2D eigenvalue weighted by molar-refractivity contribution is 6.30. The smallest absolute Gasteiger partial charge is 0.127 e. The molecular weight excluding hydrogens is 265 g/mol. The maximum Gasteiger partial charge on any atom is 0.127 e.